The lowest BCUT2D eigenvalue weighted by atomic mass is 10.1. The maximum absolute atomic E-state index is 12.0. The number of ketones is 1. The minimum absolute atomic E-state index is 0.166. The molecule has 94 valence electrons. The second kappa shape index (κ2) is 7.79. The number of rotatable bonds is 7. The monoisotopic (exact) mass is 347 g/mol. The van der Waals surface area contributed by atoms with E-state index in [0.717, 1.165) is 22.2 Å². The molecule has 0 saturated heterocycles. The van der Waals surface area contributed by atoms with Gasteiger partial charge in [0.15, 0.2) is 5.78 Å². The van der Waals surface area contributed by atoms with E-state index < -0.39 is 0 Å². The highest BCUT2D eigenvalue weighted by Gasteiger charge is 2.10. The second-order valence-electron chi connectivity index (χ2n) is 3.79. The van der Waals surface area contributed by atoms with Gasteiger partial charge in [-0.3, -0.25) is 9.69 Å². The van der Waals surface area contributed by atoms with Crippen LogP contribution in [0.2, 0.25) is 0 Å². The van der Waals surface area contributed by atoms with Crippen molar-refractivity contribution in [2.75, 3.05) is 33.4 Å². The molecule has 0 heterocycles. The van der Waals surface area contributed by atoms with Crippen LogP contribution in [0.5, 0.6) is 0 Å². The number of Topliss-reactive ketones (excluding diaryl/α,β-unsaturated/α-hetero) is 1. The molecule has 0 unspecified atom stereocenters. The van der Waals surface area contributed by atoms with Crippen molar-refractivity contribution in [3.8, 4) is 0 Å². The van der Waals surface area contributed by atoms with Gasteiger partial charge >= 0.3 is 0 Å². The Bertz CT molecular complexity index is 351. The molecule has 0 fully saturated rings. The van der Waals surface area contributed by atoms with E-state index in [1.807, 2.05) is 24.3 Å². The van der Waals surface area contributed by atoms with E-state index >= 15 is 0 Å². The summed E-state index contributed by atoms with van der Waals surface area (Å²) in [5.74, 6) is 0.166. The lowest BCUT2D eigenvalue weighted by molar-refractivity contribution is 0.0902. The maximum atomic E-state index is 12.0. The molecule has 1 aromatic rings. The first-order valence-corrected chi connectivity index (χ1v) is 6.75. The van der Waals surface area contributed by atoms with E-state index in [1.54, 1.807) is 7.11 Å². The molecule has 1 rings (SSSR count). The van der Waals surface area contributed by atoms with E-state index in [1.165, 1.54) is 0 Å². The van der Waals surface area contributed by atoms with Crippen LogP contribution in [0, 0.1) is 3.57 Å². The van der Waals surface area contributed by atoms with Gasteiger partial charge in [-0.05, 0) is 41.3 Å². The Morgan fingerprint density at radius 1 is 1.35 bits per heavy atom. The van der Waals surface area contributed by atoms with Gasteiger partial charge in [0.2, 0.25) is 0 Å². The molecule has 0 N–H and O–H groups in total. The molecule has 17 heavy (non-hydrogen) atoms. The first-order valence-electron chi connectivity index (χ1n) is 5.67. The topological polar surface area (TPSA) is 29.5 Å². The number of hydrogen-bond acceptors (Lipinski definition) is 3. The Labute approximate surface area is 116 Å². The molecule has 0 aromatic heterocycles. The zero-order valence-corrected chi connectivity index (χ0v) is 12.4. The van der Waals surface area contributed by atoms with Crippen molar-refractivity contribution in [3.63, 3.8) is 0 Å². The summed E-state index contributed by atoms with van der Waals surface area (Å²) in [5.41, 5.74) is 0.779. The molecule has 0 saturated carbocycles. The van der Waals surface area contributed by atoms with Crippen molar-refractivity contribution < 1.29 is 9.53 Å². The molecule has 0 atom stereocenters. The number of nitrogens with zero attached hydrogens (tertiary/aromatic N) is 1. The summed E-state index contributed by atoms with van der Waals surface area (Å²) in [6, 6.07) is 7.68. The van der Waals surface area contributed by atoms with Gasteiger partial charge in [0.1, 0.15) is 0 Å². The Kier molecular flexibility index (Phi) is 6.69. The molecule has 0 bridgehead atoms. The molecule has 0 aliphatic carbocycles. The number of likely N-dealkylation sites (N-methyl/N-ethyl adjacent to an activating group) is 1. The zero-order valence-electron chi connectivity index (χ0n) is 10.3. The highest BCUT2D eigenvalue weighted by molar-refractivity contribution is 14.1. The number of methoxy groups -OCH3 is 1. The van der Waals surface area contributed by atoms with Gasteiger partial charge in [0.25, 0.3) is 0 Å². The van der Waals surface area contributed by atoms with Crippen molar-refractivity contribution >= 4 is 28.4 Å². The Morgan fingerprint density at radius 2 is 2.00 bits per heavy atom. The van der Waals surface area contributed by atoms with Crippen LogP contribution in [0.1, 0.15) is 17.3 Å². The first-order chi connectivity index (χ1) is 8.17. The third kappa shape index (κ3) is 5.14. The largest absolute Gasteiger partial charge is 0.383 e. The van der Waals surface area contributed by atoms with Crippen LogP contribution in [0.4, 0.5) is 0 Å². The van der Waals surface area contributed by atoms with Gasteiger partial charge in [0.05, 0.1) is 13.2 Å². The van der Waals surface area contributed by atoms with E-state index in [9.17, 15) is 4.79 Å². The SMILES string of the molecule is CCN(CCOC)CC(=O)c1ccc(I)cc1. The molecule has 3 nitrogen and oxygen atoms in total. The molecule has 0 radical (unpaired) electrons. The summed E-state index contributed by atoms with van der Waals surface area (Å²) < 4.78 is 6.17. The smallest absolute Gasteiger partial charge is 0.176 e. The quantitative estimate of drug-likeness (QED) is 0.561. The number of hydrogen-bond donors (Lipinski definition) is 0. The normalized spacial score (nSPS) is 10.8. The highest BCUT2D eigenvalue weighted by Crippen LogP contribution is 2.08. The lowest BCUT2D eigenvalue weighted by Gasteiger charge is -2.18. The van der Waals surface area contributed by atoms with Gasteiger partial charge in [-0.2, -0.15) is 0 Å². The number of halogens is 1. The average molecular weight is 347 g/mol. The first kappa shape index (κ1) is 14.6. The van der Waals surface area contributed by atoms with Crippen LogP contribution in [-0.2, 0) is 4.74 Å². The number of carbonyl (C=O) groups excluding carboxylic acids is 1. The van der Waals surface area contributed by atoms with Gasteiger partial charge in [-0.15, -0.1) is 0 Å². The number of carbonyl (C=O) groups is 1. The minimum Gasteiger partial charge on any atom is -0.383 e. The molecule has 0 aliphatic rings. The summed E-state index contributed by atoms with van der Waals surface area (Å²) >= 11 is 2.23. The van der Waals surface area contributed by atoms with Crippen LogP contribution < -0.4 is 0 Å². The zero-order chi connectivity index (χ0) is 12.7. The van der Waals surface area contributed by atoms with Crippen LogP contribution in [0.3, 0.4) is 0 Å². The van der Waals surface area contributed by atoms with Crippen LogP contribution in [0.25, 0.3) is 0 Å². The van der Waals surface area contributed by atoms with Gasteiger partial charge in [-0.1, -0.05) is 19.1 Å². The minimum atomic E-state index is 0.166. The predicted molar refractivity (Wildman–Crippen MR) is 77.5 cm³/mol. The number of ether oxygens (including phenoxy) is 1. The summed E-state index contributed by atoms with van der Waals surface area (Å²) in [4.78, 5) is 14.1. The summed E-state index contributed by atoms with van der Waals surface area (Å²) in [6.07, 6.45) is 0. The molecule has 0 amide bonds. The Balaban J connectivity index is 2.54. The van der Waals surface area contributed by atoms with Crippen LogP contribution in [-0.4, -0.2) is 44.0 Å². The standard InChI is InChI=1S/C13H18INO2/c1-3-15(8-9-17-2)10-13(16)11-4-6-12(14)7-5-11/h4-7H,3,8-10H2,1-2H3. The third-order valence-corrected chi connectivity index (χ3v) is 3.31. The molecular formula is C13H18INO2. The lowest BCUT2D eigenvalue weighted by Crippen LogP contribution is -2.32. The van der Waals surface area contributed by atoms with Gasteiger partial charge in [-0.25, -0.2) is 0 Å². The van der Waals surface area contributed by atoms with Crippen molar-refractivity contribution in [2.45, 2.75) is 6.92 Å². The Hall–Kier alpha value is -0.460. The van der Waals surface area contributed by atoms with E-state index in [4.69, 9.17) is 4.74 Å². The molecule has 4 heteroatoms. The van der Waals surface area contributed by atoms with Gasteiger partial charge < -0.3 is 4.74 Å². The molecular weight excluding hydrogens is 329 g/mol. The van der Waals surface area contributed by atoms with E-state index in [0.29, 0.717) is 13.2 Å². The van der Waals surface area contributed by atoms with E-state index in [-0.39, 0.29) is 5.78 Å². The maximum Gasteiger partial charge on any atom is 0.176 e. The molecule has 1 aromatic carbocycles. The van der Waals surface area contributed by atoms with E-state index in [2.05, 4.69) is 34.4 Å². The summed E-state index contributed by atoms with van der Waals surface area (Å²) in [7, 11) is 1.68. The predicted octanol–water partition coefficient (Wildman–Crippen LogP) is 2.44. The molecule has 0 spiro atoms. The van der Waals surface area contributed by atoms with Crippen LogP contribution in [0.15, 0.2) is 24.3 Å². The summed E-state index contributed by atoms with van der Waals surface area (Å²) in [6.45, 7) is 4.83. The fourth-order valence-corrected chi connectivity index (χ4v) is 1.86. The summed E-state index contributed by atoms with van der Waals surface area (Å²) in [5, 5.41) is 0. The molecule has 0 aliphatic heterocycles. The fraction of sp³-hybridized carbons (Fsp3) is 0.462. The van der Waals surface area contributed by atoms with Crippen molar-refractivity contribution in [3.05, 3.63) is 33.4 Å². The van der Waals surface area contributed by atoms with Crippen molar-refractivity contribution in [2.24, 2.45) is 0 Å². The highest BCUT2D eigenvalue weighted by atomic mass is 127. The van der Waals surface area contributed by atoms with Gasteiger partial charge in [0, 0.05) is 22.8 Å². The third-order valence-electron chi connectivity index (χ3n) is 2.59. The fourth-order valence-electron chi connectivity index (χ4n) is 1.50. The number of benzene rings is 1. The average Bonchev–Trinajstić information content (AvgIpc) is 2.35. The second-order valence-corrected chi connectivity index (χ2v) is 5.04. The Morgan fingerprint density at radius 3 is 2.53 bits per heavy atom. The van der Waals surface area contributed by atoms with Crippen molar-refractivity contribution in [1.82, 2.24) is 4.90 Å². The van der Waals surface area contributed by atoms with Crippen LogP contribution >= 0.6 is 22.6 Å². The van der Waals surface area contributed by atoms with Crippen molar-refractivity contribution in [1.29, 1.82) is 0 Å².